The molecule has 0 aliphatic carbocycles. The van der Waals surface area contributed by atoms with Crippen molar-refractivity contribution in [1.29, 1.82) is 0 Å². The smallest absolute Gasteiger partial charge is 0.00745 e. The van der Waals surface area contributed by atoms with Gasteiger partial charge >= 0.3 is 0 Å². The van der Waals surface area contributed by atoms with Crippen LogP contribution < -0.4 is 0 Å². The fraction of sp³-hybridized carbons (Fsp3) is 0.400. The van der Waals surface area contributed by atoms with Gasteiger partial charge in [-0.2, -0.15) is 0 Å². The van der Waals surface area contributed by atoms with Crippen molar-refractivity contribution in [3.63, 3.8) is 0 Å². The van der Waals surface area contributed by atoms with E-state index in [9.17, 15) is 0 Å². The van der Waals surface area contributed by atoms with Crippen LogP contribution in [0.15, 0.2) is 35.2 Å². The predicted octanol–water partition coefficient (Wildman–Crippen LogP) is 3.82. The Morgan fingerprint density at radius 2 is 1.64 bits per heavy atom. The highest BCUT2D eigenvalue weighted by Crippen LogP contribution is 2.21. The zero-order chi connectivity index (χ0) is 7.40. The summed E-state index contributed by atoms with van der Waals surface area (Å²) in [5, 5.41) is 0.683. The van der Waals surface area contributed by atoms with E-state index < -0.39 is 0 Å². The van der Waals surface area contributed by atoms with Gasteiger partial charge in [0.05, 0.1) is 0 Å². The zero-order valence-electron chi connectivity index (χ0n) is 6.37. The SMILES string of the molecule is C.CC(C)Sc1ccccc1. The van der Waals surface area contributed by atoms with Crippen LogP contribution in [0.2, 0.25) is 0 Å². The van der Waals surface area contributed by atoms with Gasteiger partial charge in [0.1, 0.15) is 0 Å². The van der Waals surface area contributed by atoms with Gasteiger partial charge in [0.25, 0.3) is 0 Å². The van der Waals surface area contributed by atoms with E-state index in [0.717, 1.165) is 0 Å². The first-order chi connectivity index (χ1) is 4.79. The van der Waals surface area contributed by atoms with Gasteiger partial charge in [-0.05, 0) is 12.1 Å². The highest BCUT2D eigenvalue weighted by molar-refractivity contribution is 7.99. The maximum atomic E-state index is 2.21. The van der Waals surface area contributed by atoms with Crippen molar-refractivity contribution < 1.29 is 0 Å². The second-order valence-corrected chi connectivity index (χ2v) is 4.13. The lowest BCUT2D eigenvalue weighted by Gasteiger charge is -2.02. The molecule has 0 nitrogen and oxygen atoms in total. The lowest BCUT2D eigenvalue weighted by Crippen LogP contribution is -1.84. The summed E-state index contributed by atoms with van der Waals surface area (Å²) in [5.74, 6) is 0. The van der Waals surface area contributed by atoms with Crippen molar-refractivity contribution in [3.05, 3.63) is 30.3 Å². The Bertz CT molecular complexity index is 179. The van der Waals surface area contributed by atoms with Gasteiger partial charge in [0.2, 0.25) is 0 Å². The van der Waals surface area contributed by atoms with E-state index in [2.05, 4.69) is 38.1 Å². The first-order valence-corrected chi connectivity index (χ1v) is 4.38. The van der Waals surface area contributed by atoms with Crippen LogP contribution in [0, 0.1) is 0 Å². The van der Waals surface area contributed by atoms with Crippen LogP contribution in [0.4, 0.5) is 0 Å². The molecule has 0 atom stereocenters. The largest absolute Gasteiger partial charge is 0.123 e. The van der Waals surface area contributed by atoms with Crippen LogP contribution in [0.3, 0.4) is 0 Å². The minimum atomic E-state index is 0. The summed E-state index contributed by atoms with van der Waals surface area (Å²) in [5.41, 5.74) is 0. The van der Waals surface area contributed by atoms with Gasteiger partial charge in [-0.15, -0.1) is 11.8 Å². The van der Waals surface area contributed by atoms with Gasteiger partial charge in [0.15, 0.2) is 0 Å². The number of hydrogen-bond acceptors (Lipinski definition) is 1. The van der Waals surface area contributed by atoms with Gasteiger partial charge in [-0.3, -0.25) is 0 Å². The Morgan fingerprint density at radius 1 is 1.09 bits per heavy atom. The lowest BCUT2D eigenvalue weighted by molar-refractivity contribution is 1.11. The molecule has 1 aromatic carbocycles. The van der Waals surface area contributed by atoms with E-state index in [0.29, 0.717) is 5.25 Å². The molecule has 0 fully saturated rings. The molecule has 0 spiro atoms. The minimum Gasteiger partial charge on any atom is -0.123 e. The van der Waals surface area contributed by atoms with Crippen LogP contribution >= 0.6 is 11.8 Å². The minimum absolute atomic E-state index is 0. The molecule has 1 aromatic rings. The van der Waals surface area contributed by atoms with Crippen LogP contribution in [0.1, 0.15) is 21.3 Å². The summed E-state index contributed by atoms with van der Waals surface area (Å²) in [6, 6.07) is 10.5. The van der Waals surface area contributed by atoms with Gasteiger partial charge in [-0.25, -0.2) is 0 Å². The molecule has 1 rings (SSSR count). The Balaban J connectivity index is 0.000001000. The summed E-state index contributed by atoms with van der Waals surface area (Å²) >= 11 is 1.90. The molecule has 0 bridgehead atoms. The maximum Gasteiger partial charge on any atom is 0.00745 e. The first-order valence-electron chi connectivity index (χ1n) is 3.51. The van der Waals surface area contributed by atoms with E-state index in [1.165, 1.54) is 4.90 Å². The molecule has 0 aliphatic rings. The monoisotopic (exact) mass is 168 g/mol. The third-order valence-electron chi connectivity index (χ3n) is 1.11. The van der Waals surface area contributed by atoms with Crippen LogP contribution in [-0.4, -0.2) is 5.25 Å². The highest BCUT2D eigenvalue weighted by atomic mass is 32.2. The highest BCUT2D eigenvalue weighted by Gasteiger charge is 1.94. The normalized spacial score (nSPS) is 9.36. The van der Waals surface area contributed by atoms with Crippen LogP contribution in [0.25, 0.3) is 0 Å². The van der Waals surface area contributed by atoms with Crippen molar-refractivity contribution in [1.82, 2.24) is 0 Å². The number of benzene rings is 1. The molecule has 0 saturated carbocycles. The van der Waals surface area contributed by atoms with Gasteiger partial charge in [0, 0.05) is 10.1 Å². The summed E-state index contributed by atoms with van der Waals surface area (Å²) in [6.45, 7) is 4.41. The average Bonchev–Trinajstić information content (AvgIpc) is 1.88. The van der Waals surface area contributed by atoms with Gasteiger partial charge in [-0.1, -0.05) is 39.5 Å². The second kappa shape index (κ2) is 5.25. The average molecular weight is 168 g/mol. The Morgan fingerprint density at radius 3 is 2.09 bits per heavy atom. The third kappa shape index (κ3) is 4.10. The Labute approximate surface area is 74.0 Å². The quantitative estimate of drug-likeness (QED) is 0.605. The fourth-order valence-corrected chi connectivity index (χ4v) is 1.63. The maximum absolute atomic E-state index is 2.21. The van der Waals surface area contributed by atoms with E-state index in [1.807, 2.05) is 17.8 Å². The summed E-state index contributed by atoms with van der Waals surface area (Å²) < 4.78 is 0. The van der Waals surface area contributed by atoms with E-state index in [1.54, 1.807) is 0 Å². The molecular formula is C10H16S. The molecule has 0 unspecified atom stereocenters. The van der Waals surface area contributed by atoms with Gasteiger partial charge < -0.3 is 0 Å². The van der Waals surface area contributed by atoms with Crippen molar-refractivity contribution in [3.8, 4) is 0 Å². The van der Waals surface area contributed by atoms with E-state index >= 15 is 0 Å². The lowest BCUT2D eigenvalue weighted by atomic mass is 10.4. The number of thioether (sulfide) groups is 1. The standard InChI is InChI=1S/C9H12S.CH4/c1-8(2)10-9-6-4-3-5-7-9;/h3-8H,1-2H3;1H4. The van der Waals surface area contributed by atoms with Crippen LogP contribution in [0.5, 0.6) is 0 Å². The van der Waals surface area contributed by atoms with Crippen molar-refractivity contribution in [2.45, 2.75) is 31.4 Å². The molecule has 0 N–H and O–H groups in total. The molecule has 0 amide bonds. The van der Waals surface area contributed by atoms with Crippen molar-refractivity contribution in [2.75, 3.05) is 0 Å². The molecular weight excluding hydrogens is 152 g/mol. The summed E-state index contributed by atoms with van der Waals surface area (Å²) in [4.78, 5) is 1.36. The topological polar surface area (TPSA) is 0 Å². The second-order valence-electron chi connectivity index (χ2n) is 2.48. The number of rotatable bonds is 2. The molecule has 62 valence electrons. The molecule has 0 radical (unpaired) electrons. The molecule has 1 heteroatoms. The zero-order valence-corrected chi connectivity index (χ0v) is 7.19. The predicted molar refractivity (Wildman–Crippen MR) is 54.2 cm³/mol. The molecule has 0 aromatic heterocycles. The summed E-state index contributed by atoms with van der Waals surface area (Å²) in [7, 11) is 0. The van der Waals surface area contributed by atoms with E-state index in [-0.39, 0.29) is 7.43 Å². The van der Waals surface area contributed by atoms with Crippen molar-refractivity contribution >= 4 is 11.8 Å². The van der Waals surface area contributed by atoms with E-state index in [4.69, 9.17) is 0 Å². The summed E-state index contributed by atoms with van der Waals surface area (Å²) in [6.07, 6.45) is 0. The van der Waals surface area contributed by atoms with Crippen molar-refractivity contribution in [2.24, 2.45) is 0 Å². The number of hydrogen-bond donors (Lipinski definition) is 0. The molecule has 0 saturated heterocycles. The Hall–Kier alpha value is -0.430. The fourth-order valence-electron chi connectivity index (χ4n) is 0.771. The molecule has 0 aliphatic heterocycles. The molecule has 11 heavy (non-hydrogen) atoms. The van der Waals surface area contributed by atoms with Crippen LogP contribution in [-0.2, 0) is 0 Å². The first kappa shape index (κ1) is 10.6. The Kier molecular flexibility index (Phi) is 5.05. The third-order valence-corrected chi connectivity index (χ3v) is 2.13. The molecule has 0 heterocycles.